The molecule has 0 heterocycles. The third kappa shape index (κ3) is 9.95. The van der Waals surface area contributed by atoms with Gasteiger partial charge in [0.2, 0.25) is 0 Å². The summed E-state index contributed by atoms with van der Waals surface area (Å²) in [6.45, 7) is 7.36. The second kappa shape index (κ2) is 13.8. The van der Waals surface area contributed by atoms with Crippen molar-refractivity contribution >= 4 is 24.9 Å². The Bertz CT molecular complexity index is 1240. The van der Waals surface area contributed by atoms with Crippen molar-refractivity contribution in [2.75, 3.05) is 19.3 Å². The molecule has 0 aromatic heterocycles. The number of rotatable bonds is 13. The number of oxime groups is 1. The van der Waals surface area contributed by atoms with E-state index in [2.05, 4.69) is 24.3 Å². The highest BCUT2D eigenvalue weighted by Crippen LogP contribution is 2.34. The zero-order valence-corrected chi connectivity index (χ0v) is 23.0. The lowest BCUT2D eigenvalue weighted by atomic mass is 10.1. The van der Waals surface area contributed by atoms with E-state index < -0.39 is 13.7 Å². The van der Waals surface area contributed by atoms with Crippen LogP contribution >= 0.6 is 19.2 Å². The van der Waals surface area contributed by atoms with Crippen LogP contribution in [0.4, 0.5) is 0 Å². The maximum Gasteiger partial charge on any atom is 0.325 e. The van der Waals surface area contributed by atoms with Gasteiger partial charge in [-0.15, -0.1) is 0 Å². The van der Waals surface area contributed by atoms with Crippen LogP contribution in [0.1, 0.15) is 47.3 Å². The number of aryl methyl sites for hydroxylation is 2. The van der Waals surface area contributed by atoms with Crippen molar-refractivity contribution in [3.63, 3.8) is 0 Å². The molecule has 3 N–H and O–H groups in total. The molecule has 0 radical (unpaired) electrons. The number of ether oxygens (including phenoxy) is 1. The van der Waals surface area contributed by atoms with Gasteiger partial charge in [-0.3, -0.25) is 4.57 Å². The second-order valence-corrected chi connectivity index (χ2v) is 11.2. The van der Waals surface area contributed by atoms with Crippen molar-refractivity contribution in [3.8, 4) is 5.75 Å². The number of nitrogens with one attached hydrogen (secondary N) is 1. The summed E-state index contributed by atoms with van der Waals surface area (Å²) in [4.78, 5) is 23.6. The van der Waals surface area contributed by atoms with Crippen molar-refractivity contribution in [2.45, 2.75) is 39.8 Å². The van der Waals surface area contributed by atoms with E-state index >= 15 is 0 Å². The molecule has 0 aliphatic carbocycles. The van der Waals surface area contributed by atoms with Gasteiger partial charge in [-0.1, -0.05) is 59.2 Å². The fraction of sp³-hybridized carbons (Fsp3) is 0.321. The number of nitrogens with zero attached hydrogens (tertiary/aromatic N) is 1. The van der Waals surface area contributed by atoms with Gasteiger partial charge in [-0.2, -0.15) is 0 Å². The predicted octanol–water partition coefficient (Wildman–Crippen LogP) is 6.18. The highest BCUT2D eigenvalue weighted by molar-refractivity contribution is 7.51. The van der Waals surface area contributed by atoms with Crippen LogP contribution in [0.25, 0.3) is 0 Å². The lowest BCUT2D eigenvalue weighted by Crippen LogP contribution is -2.16. The highest BCUT2D eigenvalue weighted by Gasteiger charge is 2.16. The van der Waals surface area contributed by atoms with Gasteiger partial charge in [0, 0.05) is 11.6 Å². The molecule has 0 fully saturated rings. The maximum absolute atomic E-state index is 10.9. The lowest BCUT2D eigenvalue weighted by molar-refractivity contribution is 0.0533. The van der Waals surface area contributed by atoms with Gasteiger partial charge in [0.25, 0.3) is 0 Å². The molecular weight excluding hydrogens is 511 g/mol. The third-order valence-corrected chi connectivity index (χ3v) is 7.04. The topological polar surface area (TPSA) is 100 Å². The van der Waals surface area contributed by atoms with Crippen LogP contribution in [0.3, 0.4) is 0 Å². The molecule has 0 aliphatic heterocycles. The van der Waals surface area contributed by atoms with Crippen LogP contribution in [-0.2, 0) is 15.9 Å². The molecule has 0 amide bonds. The van der Waals surface area contributed by atoms with Crippen LogP contribution < -0.4 is 10.1 Å². The number of halogens is 1. The summed E-state index contributed by atoms with van der Waals surface area (Å²) in [5, 5.41) is 8.13. The lowest BCUT2D eigenvalue weighted by Gasteiger charge is -2.19. The first-order valence-electron chi connectivity index (χ1n) is 12.1. The molecule has 0 spiro atoms. The quantitative estimate of drug-likeness (QED) is 0.103. The van der Waals surface area contributed by atoms with Crippen LogP contribution in [0, 0.1) is 13.8 Å². The molecule has 0 saturated heterocycles. The van der Waals surface area contributed by atoms with Crippen LogP contribution in [0.2, 0.25) is 5.02 Å². The zero-order chi connectivity index (χ0) is 26.8. The predicted molar refractivity (Wildman–Crippen MR) is 149 cm³/mol. The van der Waals surface area contributed by atoms with Gasteiger partial charge in [0.1, 0.15) is 5.75 Å². The highest BCUT2D eigenvalue weighted by atomic mass is 35.5. The van der Waals surface area contributed by atoms with Gasteiger partial charge in [-0.05, 0) is 85.8 Å². The Hall–Kier alpha value is -2.67. The van der Waals surface area contributed by atoms with E-state index in [0.717, 1.165) is 33.7 Å². The van der Waals surface area contributed by atoms with E-state index in [1.165, 1.54) is 5.56 Å². The van der Waals surface area contributed by atoms with E-state index in [0.29, 0.717) is 24.5 Å². The van der Waals surface area contributed by atoms with Gasteiger partial charge in [0.05, 0.1) is 11.9 Å². The van der Waals surface area contributed by atoms with E-state index in [4.69, 9.17) is 31.0 Å². The van der Waals surface area contributed by atoms with Gasteiger partial charge in [0.15, 0.2) is 12.7 Å². The van der Waals surface area contributed by atoms with Crippen molar-refractivity contribution in [3.05, 3.63) is 99.6 Å². The normalized spacial score (nSPS) is 12.9. The van der Waals surface area contributed by atoms with Crippen molar-refractivity contribution in [2.24, 2.45) is 5.16 Å². The van der Waals surface area contributed by atoms with E-state index in [1.807, 2.05) is 73.7 Å². The minimum atomic E-state index is -3.93. The maximum atomic E-state index is 10.9. The van der Waals surface area contributed by atoms with Crippen molar-refractivity contribution in [1.82, 2.24) is 5.32 Å². The fourth-order valence-corrected chi connectivity index (χ4v) is 4.39. The van der Waals surface area contributed by atoms with E-state index in [1.54, 1.807) is 0 Å². The molecule has 3 aromatic rings. The van der Waals surface area contributed by atoms with Gasteiger partial charge >= 0.3 is 7.60 Å². The average molecular weight is 545 g/mol. The molecule has 9 heteroatoms. The third-order valence-electron chi connectivity index (χ3n) is 5.91. The van der Waals surface area contributed by atoms with Crippen LogP contribution in [0.15, 0.2) is 71.9 Å². The molecular formula is C28H34ClN2O5P. The molecule has 1 atom stereocenters. The summed E-state index contributed by atoms with van der Waals surface area (Å²) in [7, 11) is -3.93. The Morgan fingerprint density at radius 1 is 1.05 bits per heavy atom. The van der Waals surface area contributed by atoms with Gasteiger partial charge < -0.3 is 24.7 Å². The minimum absolute atomic E-state index is 0.109. The smallest absolute Gasteiger partial charge is 0.325 e. The molecule has 3 rings (SSSR count). The average Bonchev–Trinajstić information content (AvgIpc) is 2.85. The molecule has 37 heavy (non-hydrogen) atoms. The monoisotopic (exact) mass is 544 g/mol. The Balaban J connectivity index is 1.58. The number of hydrogen-bond acceptors (Lipinski definition) is 5. The summed E-state index contributed by atoms with van der Waals surface area (Å²) in [5.74, 6) is 0.753. The standard InChI is InChI=1S/C28H34ClN2O5P/c1-20-8-13-27(16-21(20)2)36-28(25-6-4-7-26(29)17-25)19-35-31-22(3)24-11-9-23(10-12-24)18-30-14-5-15-37(32,33)34/h4,6-13,16-17,28,30H,5,14-15,18-19H2,1-3H3,(H2,32,33,34). The van der Waals surface area contributed by atoms with E-state index in [9.17, 15) is 4.57 Å². The molecule has 0 aliphatic rings. The SMILES string of the molecule is CC(=NOCC(Oc1ccc(C)c(C)c1)c1cccc(Cl)c1)c1ccc(CNCCCP(=O)(O)O)cc1. The first kappa shape index (κ1) is 28.9. The Morgan fingerprint density at radius 2 is 1.81 bits per heavy atom. The van der Waals surface area contributed by atoms with Crippen LogP contribution in [-0.4, -0.2) is 34.8 Å². The minimum Gasteiger partial charge on any atom is -0.482 e. The number of hydrogen-bond donors (Lipinski definition) is 3. The van der Waals surface area contributed by atoms with Crippen LogP contribution in [0.5, 0.6) is 5.75 Å². The largest absolute Gasteiger partial charge is 0.482 e. The molecule has 0 bridgehead atoms. The summed E-state index contributed by atoms with van der Waals surface area (Å²) < 4.78 is 17.2. The summed E-state index contributed by atoms with van der Waals surface area (Å²) in [5.41, 5.74) is 5.98. The molecule has 3 aromatic carbocycles. The second-order valence-electron chi connectivity index (χ2n) is 9.00. The molecule has 198 valence electrons. The summed E-state index contributed by atoms with van der Waals surface area (Å²) in [6.07, 6.45) is -0.0754. The zero-order valence-electron chi connectivity index (χ0n) is 21.4. The first-order chi connectivity index (χ1) is 17.6. The van der Waals surface area contributed by atoms with Crippen molar-refractivity contribution < 1.29 is 23.9 Å². The Labute approximate surface area is 223 Å². The summed E-state index contributed by atoms with van der Waals surface area (Å²) in [6, 6.07) is 21.4. The molecule has 0 saturated carbocycles. The molecule has 7 nitrogen and oxygen atoms in total. The van der Waals surface area contributed by atoms with E-state index in [-0.39, 0.29) is 12.8 Å². The molecule has 1 unspecified atom stereocenters. The van der Waals surface area contributed by atoms with Crippen molar-refractivity contribution in [1.29, 1.82) is 0 Å². The summed E-state index contributed by atoms with van der Waals surface area (Å²) >= 11 is 6.22. The number of benzene rings is 3. The van der Waals surface area contributed by atoms with Gasteiger partial charge in [-0.25, -0.2) is 0 Å². The fourth-order valence-electron chi connectivity index (χ4n) is 3.62. The Morgan fingerprint density at radius 3 is 2.49 bits per heavy atom. The first-order valence-corrected chi connectivity index (χ1v) is 14.3. The Kier molecular flexibility index (Phi) is 10.7.